The lowest BCUT2D eigenvalue weighted by atomic mass is 9.90. The highest BCUT2D eigenvalue weighted by atomic mass is 16.4. The van der Waals surface area contributed by atoms with Crippen LogP contribution in [0.25, 0.3) is 32.3 Å². The van der Waals surface area contributed by atoms with E-state index in [1.54, 1.807) is 0 Å². The van der Waals surface area contributed by atoms with Gasteiger partial charge in [0.25, 0.3) is 0 Å². The van der Waals surface area contributed by atoms with Crippen molar-refractivity contribution in [2.75, 3.05) is 0 Å². The third-order valence-corrected chi connectivity index (χ3v) is 8.96. The van der Waals surface area contributed by atoms with Crippen LogP contribution in [0.2, 0.25) is 0 Å². The zero-order chi connectivity index (χ0) is 27.8. The van der Waals surface area contributed by atoms with Gasteiger partial charge in [-0.05, 0) is 57.1 Å². The fraction of sp³-hybridized carbons (Fsp3) is 0.553. The fourth-order valence-electron chi connectivity index (χ4n) is 6.61. The molecule has 0 heterocycles. The molecule has 0 saturated heterocycles. The molecule has 0 unspecified atom stereocenters. The molecule has 0 aliphatic carbocycles. The summed E-state index contributed by atoms with van der Waals surface area (Å²) in [4.78, 5) is 10.5. The number of carbonyl (C=O) groups is 1. The monoisotopic (exact) mass is 540 g/mol. The highest BCUT2D eigenvalue weighted by Crippen LogP contribution is 2.36. The number of aryl methyl sites for hydroxylation is 1. The van der Waals surface area contributed by atoms with Crippen LogP contribution in [0.1, 0.15) is 134 Å². The summed E-state index contributed by atoms with van der Waals surface area (Å²) in [5, 5.41) is 17.1. The summed E-state index contributed by atoms with van der Waals surface area (Å²) in [5.41, 5.74) is 1.52. The van der Waals surface area contributed by atoms with Gasteiger partial charge in [0.2, 0.25) is 0 Å². The van der Waals surface area contributed by atoms with E-state index in [1.807, 2.05) is 0 Å². The minimum atomic E-state index is -0.654. The summed E-state index contributed by atoms with van der Waals surface area (Å²) in [7, 11) is 0. The number of unbranched alkanes of at least 4 members (excludes halogenated alkanes) is 18. The summed E-state index contributed by atoms with van der Waals surface area (Å²) in [6.07, 6.45) is 26.8. The van der Waals surface area contributed by atoms with Gasteiger partial charge in [0.1, 0.15) is 0 Å². The molecule has 4 aromatic rings. The van der Waals surface area contributed by atoms with Crippen molar-refractivity contribution in [1.29, 1.82) is 0 Å². The van der Waals surface area contributed by atoms with Crippen molar-refractivity contribution in [2.45, 2.75) is 135 Å². The van der Waals surface area contributed by atoms with Crippen molar-refractivity contribution >= 4 is 38.3 Å². The topological polar surface area (TPSA) is 37.3 Å². The second-order valence-electron chi connectivity index (χ2n) is 12.2. The fourth-order valence-corrected chi connectivity index (χ4v) is 6.61. The number of carboxylic acids is 1. The lowest BCUT2D eigenvalue weighted by Gasteiger charge is -2.14. The Morgan fingerprint density at radius 3 is 1.35 bits per heavy atom. The second kappa shape index (κ2) is 17.3. The Morgan fingerprint density at radius 2 is 0.850 bits per heavy atom. The number of aliphatic carboxylic acids is 1. The first kappa shape index (κ1) is 30.4. The van der Waals surface area contributed by atoms with Gasteiger partial charge in [0.05, 0.1) is 0 Å². The quantitative estimate of drug-likeness (QED) is 0.0795. The molecule has 0 amide bonds. The first-order chi connectivity index (χ1) is 19.7. The van der Waals surface area contributed by atoms with Gasteiger partial charge in [-0.1, -0.05) is 164 Å². The van der Waals surface area contributed by atoms with E-state index < -0.39 is 5.97 Å². The molecule has 40 heavy (non-hydrogen) atoms. The molecule has 0 radical (unpaired) electrons. The molecule has 0 spiro atoms. The molecule has 0 saturated carbocycles. The third-order valence-electron chi connectivity index (χ3n) is 8.96. The minimum absolute atomic E-state index is 0.338. The summed E-state index contributed by atoms with van der Waals surface area (Å²) in [6, 6.07) is 20.6. The highest BCUT2D eigenvalue weighted by Gasteiger charge is 2.10. The van der Waals surface area contributed by atoms with E-state index in [9.17, 15) is 4.79 Å². The van der Waals surface area contributed by atoms with E-state index in [0.717, 1.165) is 12.8 Å². The van der Waals surface area contributed by atoms with Crippen LogP contribution in [0.4, 0.5) is 0 Å². The molecule has 216 valence electrons. The normalized spacial score (nSPS) is 11.8. The summed E-state index contributed by atoms with van der Waals surface area (Å²) in [5.74, 6) is -0.654. The van der Waals surface area contributed by atoms with Crippen LogP contribution in [-0.2, 0) is 11.2 Å². The van der Waals surface area contributed by atoms with Crippen molar-refractivity contribution in [3.63, 3.8) is 0 Å². The lowest BCUT2D eigenvalue weighted by Crippen LogP contribution is -1.93. The number of rotatable bonds is 22. The molecule has 0 bridgehead atoms. The second-order valence-corrected chi connectivity index (χ2v) is 12.2. The maximum Gasteiger partial charge on any atom is 0.303 e. The minimum Gasteiger partial charge on any atom is -0.481 e. The molecule has 2 nitrogen and oxygen atoms in total. The van der Waals surface area contributed by atoms with E-state index in [0.29, 0.717) is 6.42 Å². The van der Waals surface area contributed by atoms with Crippen LogP contribution in [0, 0.1) is 0 Å². The SMILES string of the molecule is O=C(O)CCCCCCCCCCCCCCCCCCCCCc1ccc2ccc3cccc4ccc1c2c34. The van der Waals surface area contributed by atoms with Gasteiger partial charge in [-0.2, -0.15) is 0 Å². The highest BCUT2D eigenvalue weighted by molar-refractivity contribution is 6.23. The number of hydrogen-bond acceptors (Lipinski definition) is 1. The Hall–Kier alpha value is -2.61. The third kappa shape index (κ3) is 9.50. The zero-order valence-corrected chi connectivity index (χ0v) is 24.9. The van der Waals surface area contributed by atoms with E-state index in [-0.39, 0.29) is 0 Å². The van der Waals surface area contributed by atoms with E-state index in [2.05, 4.69) is 54.6 Å². The van der Waals surface area contributed by atoms with E-state index >= 15 is 0 Å². The largest absolute Gasteiger partial charge is 0.481 e. The van der Waals surface area contributed by atoms with Gasteiger partial charge in [0.15, 0.2) is 0 Å². The molecule has 4 rings (SSSR count). The van der Waals surface area contributed by atoms with Crippen LogP contribution in [-0.4, -0.2) is 11.1 Å². The van der Waals surface area contributed by atoms with Gasteiger partial charge >= 0.3 is 5.97 Å². The molecule has 1 N–H and O–H groups in total. The van der Waals surface area contributed by atoms with Gasteiger partial charge < -0.3 is 5.11 Å². The smallest absolute Gasteiger partial charge is 0.303 e. The molecule has 4 aromatic carbocycles. The van der Waals surface area contributed by atoms with Crippen molar-refractivity contribution < 1.29 is 9.90 Å². The molecule has 0 aliphatic heterocycles. The Morgan fingerprint density at radius 1 is 0.450 bits per heavy atom. The predicted molar refractivity (Wildman–Crippen MR) is 174 cm³/mol. The van der Waals surface area contributed by atoms with Gasteiger partial charge in [-0.15, -0.1) is 0 Å². The molecule has 2 heteroatoms. The maximum atomic E-state index is 10.5. The first-order valence-corrected chi connectivity index (χ1v) is 16.6. The van der Waals surface area contributed by atoms with Crippen LogP contribution >= 0.6 is 0 Å². The number of benzene rings is 4. The Kier molecular flexibility index (Phi) is 13.1. The number of carboxylic acid groups (broad SMARTS) is 1. The lowest BCUT2D eigenvalue weighted by molar-refractivity contribution is -0.137. The zero-order valence-electron chi connectivity index (χ0n) is 24.9. The maximum absolute atomic E-state index is 10.5. The van der Waals surface area contributed by atoms with Crippen LogP contribution in [0.15, 0.2) is 54.6 Å². The molecule has 0 fully saturated rings. The van der Waals surface area contributed by atoms with Gasteiger partial charge in [-0.3, -0.25) is 4.79 Å². The van der Waals surface area contributed by atoms with Crippen molar-refractivity contribution in [3.05, 3.63) is 60.2 Å². The molecular weight excluding hydrogens is 488 g/mol. The van der Waals surface area contributed by atoms with Crippen molar-refractivity contribution in [3.8, 4) is 0 Å². The predicted octanol–water partition coefficient (Wildman–Crippen LogP) is 12.0. The summed E-state index contributed by atoms with van der Waals surface area (Å²) < 4.78 is 0. The van der Waals surface area contributed by atoms with Gasteiger partial charge in [0, 0.05) is 6.42 Å². The van der Waals surface area contributed by atoms with Crippen LogP contribution in [0.3, 0.4) is 0 Å². The molecular formula is C38H52O2. The Labute approximate surface area is 242 Å². The van der Waals surface area contributed by atoms with Crippen LogP contribution < -0.4 is 0 Å². The molecule has 0 aromatic heterocycles. The van der Waals surface area contributed by atoms with E-state index in [4.69, 9.17) is 5.11 Å². The number of hydrogen-bond donors (Lipinski definition) is 1. The molecule has 0 aliphatic rings. The van der Waals surface area contributed by atoms with Crippen molar-refractivity contribution in [1.82, 2.24) is 0 Å². The van der Waals surface area contributed by atoms with Gasteiger partial charge in [-0.25, -0.2) is 0 Å². The standard InChI is InChI=1S/C38H52O2/c39-36(40)24-19-17-15-13-11-9-7-5-3-1-2-4-6-8-10-12-14-16-18-21-31-25-26-34-28-27-32-22-20-23-33-29-30-35(31)38(34)37(32)33/h20,22-23,25-30H,1-19,21,24H2,(H,39,40). The first-order valence-electron chi connectivity index (χ1n) is 16.6. The summed E-state index contributed by atoms with van der Waals surface area (Å²) in [6.45, 7) is 0. The summed E-state index contributed by atoms with van der Waals surface area (Å²) >= 11 is 0. The average Bonchev–Trinajstić information content (AvgIpc) is 2.97. The van der Waals surface area contributed by atoms with Crippen LogP contribution in [0.5, 0.6) is 0 Å². The Bertz CT molecular complexity index is 1260. The Balaban J connectivity index is 0.964. The average molecular weight is 541 g/mol. The molecule has 0 atom stereocenters. The van der Waals surface area contributed by atoms with Crippen molar-refractivity contribution in [2.24, 2.45) is 0 Å². The van der Waals surface area contributed by atoms with E-state index in [1.165, 1.54) is 153 Å².